The molecular formula is C20H26N2O2. The SMILES string of the molecule is CCc1ccc(NC(=O)CN(CC(O)CC)c2ccccc2)cc1. The van der Waals surface area contributed by atoms with Gasteiger partial charge in [-0.3, -0.25) is 4.79 Å². The van der Waals surface area contributed by atoms with Crippen LogP contribution >= 0.6 is 0 Å². The fourth-order valence-electron chi connectivity index (χ4n) is 2.48. The first kappa shape index (κ1) is 18.0. The van der Waals surface area contributed by atoms with Crippen LogP contribution in [0.5, 0.6) is 0 Å². The lowest BCUT2D eigenvalue weighted by Crippen LogP contribution is -2.38. The summed E-state index contributed by atoms with van der Waals surface area (Å²) in [5.74, 6) is -0.0913. The third-order valence-corrected chi connectivity index (χ3v) is 4.00. The van der Waals surface area contributed by atoms with Crippen LogP contribution in [0.4, 0.5) is 11.4 Å². The van der Waals surface area contributed by atoms with Crippen LogP contribution < -0.4 is 10.2 Å². The van der Waals surface area contributed by atoms with Gasteiger partial charge in [0.25, 0.3) is 0 Å². The minimum Gasteiger partial charge on any atom is -0.391 e. The number of hydrogen-bond donors (Lipinski definition) is 2. The van der Waals surface area contributed by atoms with Crippen LogP contribution in [0.25, 0.3) is 0 Å². The summed E-state index contributed by atoms with van der Waals surface area (Å²) in [6.45, 7) is 4.67. The molecule has 0 aliphatic carbocycles. The number of hydrogen-bond acceptors (Lipinski definition) is 3. The topological polar surface area (TPSA) is 52.6 Å². The van der Waals surface area contributed by atoms with E-state index in [1.54, 1.807) is 0 Å². The molecule has 0 bridgehead atoms. The normalized spacial score (nSPS) is 11.8. The number of carbonyl (C=O) groups is 1. The molecule has 0 fully saturated rings. The molecule has 0 radical (unpaired) electrons. The Bertz CT molecular complexity index is 626. The van der Waals surface area contributed by atoms with Gasteiger partial charge >= 0.3 is 0 Å². The molecule has 2 aromatic carbocycles. The van der Waals surface area contributed by atoms with E-state index in [1.807, 2.05) is 66.4 Å². The molecule has 0 aliphatic heterocycles. The third kappa shape index (κ3) is 5.39. The average Bonchev–Trinajstić information content (AvgIpc) is 2.62. The predicted octanol–water partition coefficient (Wildman–Crippen LogP) is 3.47. The first-order chi connectivity index (χ1) is 11.6. The van der Waals surface area contributed by atoms with E-state index in [2.05, 4.69) is 12.2 Å². The maximum atomic E-state index is 12.4. The Kier molecular flexibility index (Phi) is 6.82. The van der Waals surface area contributed by atoms with Crippen LogP contribution in [-0.2, 0) is 11.2 Å². The van der Waals surface area contributed by atoms with E-state index in [4.69, 9.17) is 0 Å². The van der Waals surface area contributed by atoms with Crippen molar-refractivity contribution in [2.24, 2.45) is 0 Å². The zero-order chi connectivity index (χ0) is 17.4. The molecule has 4 nitrogen and oxygen atoms in total. The zero-order valence-corrected chi connectivity index (χ0v) is 14.4. The number of nitrogens with one attached hydrogen (secondary N) is 1. The highest BCUT2D eigenvalue weighted by molar-refractivity contribution is 5.94. The van der Waals surface area contributed by atoms with E-state index in [0.29, 0.717) is 13.0 Å². The summed E-state index contributed by atoms with van der Waals surface area (Å²) in [5.41, 5.74) is 2.97. The van der Waals surface area contributed by atoms with Crippen molar-refractivity contribution >= 4 is 17.3 Å². The van der Waals surface area contributed by atoms with Crippen LogP contribution in [0.3, 0.4) is 0 Å². The van der Waals surface area contributed by atoms with Gasteiger partial charge in [-0.05, 0) is 42.7 Å². The number of rotatable bonds is 8. The molecule has 0 spiro atoms. The minimum atomic E-state index is -0.457. The lowest BCUT2D eigenvalue weighted by atomic mass is 10.1. The van der Waals surface area contributed by atoms with Crippen molar-refractivity contribution in [3.8, 4) is 0 Å². The molecule has 2 N–H and O–H groups in total. The molecule has 0 heterocycles. The molecular weight excluding hydrogens is 300 g/mol. The molecule has 1 unspecified atom stereocenters. The van der Waals surface area contributed by atoms with E-state index >= 15 is 0 Å². The van der Waals surface area contributed by atoms with E-state index in [0.717, 1.165) is 17.8 Å². The second-order valence-electron chi connectivity index (χ2n) is 5.88. The lowest BCUT2D eigenvalue weighted by molar-refractivity contribution is -0.115. The van der Waals surface area contributed by atoms with E-state index in [-0.39, 0.29) is 12.5 Å². The Hall–Kier alpha value is -2.33. The molecule has 0 saturated heterocycles. The highest BCUT2D eigenvalue weighted by atomic mass is 16.3. The van der Waals surface area contributed by atoms with Crippen molar-refractivity contribution in [2.75, 3.05) is 23.3 Å². The largest absolute Gasteiger partial charge is 0.391 e. The number of aryl methyl sites for hydroxylation is 1. The molecule has 24 heavy (non-hydrogen) atoms. The van der Waals surface area contributed by atoms with Crippen LogP contribution in [-0.4, -0.2) is 30.2 Å². The van der Waals surface area contributed by atoms with Gasteiger partial charge in [0, 0.05) is 17.9 Å². The summed E-state index contributed by atoms with van der Waals surface area (Å²) in [4.78, 5) is 14.3. The zero-order valence-electron chi connectivity index (χ0n) is 14.4. The van der Waals surface area contributed by atoms with Gasteiger partial charge in [-0.2, -0.15) is 0 Å². The molecule has 2 rings (SSSR count). The third-order valence-electron chi connectivity index (χ3n) is 4.00. The van der Waals surface area contributed by atoms with Crippen LogP contribution in [0, 0.1) is 0 Å². The van der Waals surface area contributed by atoms with Gasteiger partial charge in [0.15, 0.2) is 0 Å². The highest BCUT2D eigenvalue weighted by Crippen LogP contribution is 2.15. The van der Waals surface area contributed by atoms with Crippen LogP contribution in [0.15, 0.2) is 54.6 Å². The van der Waals surface area contributed by atoms with Gasteiger partial charge in [-0.25, -0.2) is 0 Å². The lowest BCUT2D eigenvalue weighted by Gasteiger charge is -2.26. The highest BCUT2D eigenvalue weighted by Gasteiger charge is 2.15. The van der Waals surface area contributed by atoms with Gasteiger partial charge in [-0.1, -0.05) is 44.2 Å². The number of aliphatic hydroxyl groups is 1. The van der Waals surface area contributed by atoms with Crippen molar-refractivity contribution < 1.29 is 9.90 Å². The monoisotopic (exact) mass is 326 g/mol. The molecule has 0 aliphatic rings. The quantitative estimate of drug-likeness (QED) is 0.781. The van der Waals surface area contributed by atoms with Crippen molar-refractivity contribution in [2.45, 2.75) is 32.8 Å². The second-order valence-corrected chi connectivity index (χ2v) is 5.88. The van der Waals surface area contributed by atoms with Crippen LogP contribution in [0.2, 0.25) is 0 Å². The number of amides is 1. The maximum Gasteiger partial charge on any atom is 0.243 e. The van der Waals surface area contributed by atoms with Crippen molar-refractivity contribution in [3.63, 3.8) is 0 Å². The van der Waals surface area contributed by atoms with E-state index < -0.39 is 6.10 Å². The van der Waals surface area contributed by atoms with Crippen molar-refractivity contribution in [1.29, 1.82) is 0 Å². The summed E-state index contributed by atoms with van der Waals surface area (Å²) in [5, 5.41) is 12.9. The van der Waals surface area contributed by atoms with Gasteiger partial charge in [0.1, 0.15) is 0 Å². The van der Waals surface area contributed by atoms with Gasteiger partial charge in [-0.15, -0.1) is 0 Å². The smallest absolute Gasteiger partial charge is 0.243 e. The van der Waals surface area contributed by atoms with E-state index in [9.17, 15) is 9.90 Å². The summed E-state index contributed by atoms with van der Waals surface area (Å²) in [6, 6.07) is 17.6. The van der Waals surface area contributed by atoms with Crippen molar-refractivity contribution in [3.05, 3.63) is 60.2 Å². The molecule has 128 valence electrons. The summed E-state index contributed by atoms with van der Waals surface area (Å²) < 4.78 is 0. The molecule has 0 saturated carbocycles. The summed E-state index contributed by atoms with van der Waals surface area (Å²) >= 11 is 0. The Morgan fingerprint density at radius 3 is 2.33 bits per heavy atom. The number of aliphatic hydroxyl groups excluding tert-OH is 1. The Morgan fingerprint density at radius 1 is 1.08 bits per heavy atom. The predicted molar refractivity (Wildman–Crippen MR) is 99.4 cm³/mol. The van der Waals surface area contributed by atoms with Gasteiger partial charge in [0.05, 0.1) is 12.6 Å². The average molecular weight is 326 g/mol. The summed E-state index contributed by atoms with van der Waals surface area (Å²) in [7, 11) is 0. The Morgan fingerprint density at radius 2 is 1.75 bits per heavy atom. The number of para-hydroxylation sites is 1. The van der Waals surface area contributed by atoms with Gasteiger partial charge in [0.2, 0.25) is 5.91 Å². The molecule has 1 atom stereocenters. The number of anilines is 2. The Balaban J connectivity index is 2.03. The first-order valence-electron chi connectivity index (χ1n) is 8.49. The standard InChI is InChI=1S/C20H26N2O2/c1-3-16-10-12-17(13-11-16)21-20(24)15-22(14-19(23)4-2)18-8-6-5-7-9-18/h5-13,19,23H,3-4,14-15H2,1-2H3,(H,21,24). The number of nitrogens with zero attached hydrogens (tertiary/aromatic N) is 1. The Labute approximate surface area is 144 Å². The second kappa shape index (κ2) is 9.08. The molecule has 1 amide bonds. The first-order valence-corrected chi connectivity index (χ1v) is 8.49. The van der Waals surface area contributed by atoms with E-state index in [1.165, 1.54) is 5.56 Å². The fraction of sp³-hybridized carbons (Fsp3) is 0.350. The summed E-state index contributed by atoms with van der Waals surface area (Å²) in [6.07, 6.45) is 1.18. The maximum absolute atomic E-state index is 12.4. The number of carbonyl (C=O) groups excluding carboxylic acids is 1. The van der Waals surface area contributed by atoms with Crippen LogP contribution in [0.1, 0.15) is 25.8 Å². The van der Waals surface area contributed by atoms with Crippen molar-refractivity contribution in [1.82, 2.24) is 0 Å². The van der Waals surface area contributed by atoms with Gasteiger partial charge < -0.3 is 15.3 Å². The number of benzene rings is 2. The molecule has 0 aromatic heterocycles. The molecule has 2 aromatic rings. The minimum absolute atomic E-state index is 0.0913. The fourth-order valence-corrected chi connectivity index (χ4v) is 2.48. The molecule has 4 heteroatoms.